The molecule has 0 aromatic heterocycles. The van der Waals surface area contributed by atoms with E-state index in [-0.39, 0.29) is 5.54 Å². The van der Waals surface area contributed by atoms with Crippen molar-refractivity contribution in [2.45, 2.75) is 38.8 Å². The van der Waals surface area contributed by atoms with E-state index < -0.39 is 0 Å². The molecule has 1 unspecified atom stereocenters. The number of nitrogens with zero attached hydrogens (tertiary/aromatic N) is 1. The lowest BCUT2D eigenvalue weighted by Gasteiger charge is -2.35. The number of hydrogen-bond donors (Lipinski definition) is 1. The van der Waals surface area contributed by atoms with E-state index in [2.05, 4.69) is 73.5 Å². The Morgan fingerprint density at radius 3 is 2.47 bits per heavy atom. The maximum absolute atomic E-state index is 3.65. The molecule has 2 rings (SSSR count). The summed E-state index contributed by atoms with van der Waals surface area (Å²) in [5, 5.41) is 3.65. The molecule has 2 heteroatoms. The zero-order valence-corrected chi connectivity index (χ0v) is 12.4. The molecule has 0 radical (unpaired) electrons. The third kappa shape index (κ3) is 4.48. The second-order valence-corrected chi connectivity index (χ2v) is 6.31. The molecule has 0 amide bonds. The number of benzene rings is 1. The lowest BCUT2D eigenvalue weighted by Crippen LogP contribution is -2.44. The van der Waals surface area contributed by atoms with Crippen LogP contribution in [0.25, 0.3) is 0 Å². The molecule has 1 atom stereocenters. The molecule has 1 aromatic rings. The molecule has 104 valence electrons. The van der Waals surface area contributed by atoms with E-state index in [0.717, 1.165) is 19.6 Å². The third-order valence-electron chi connectivity index (χ3n) is 3.54. The molecule has 0 bridgehead atoms. The summed E-state index contributed by atoms with van der Waals surface area (Å²) in [4.78, 5) is 2.56. The third-order valence-corrected chi connectivity index (χ3v) is 3.54. The van der Waals surface area contributed by atoms with E-state index in [9.17, 15) is 0 Å². The van der Waals surface area contributed by atoms with Gasteiger partial charge in [0.1, 0.15) is 0 Å². The maximum Gasteiger partial charge on any atom is 0.0476 e. The molecular weight excluding hydrogens is 232 g/mol. The molecule has 0 saturated carbocycles. The molecular formula is C17H26N2. The average Bonchev–Trinajstić information content (AvgIpc) is 2.40. The number of rotatable bonds is 4. The largest absolute Gasteiger partial charge is 0.310 e. The first-order valence-electron chi connectivity index (χ1n) is 7.25. The Hall–Kier alpha value is -1.12. The Morgan fingerprint density at radius 2 is 1.89 bits per heavy atom. The van der Waals surface area contributed by atoms with E-state index in [1.165, 1.54) is 12.0 Å². The second-order valence-electron chi connectivity index (χ2n) is 6.31. The van der Waals surface area contributed by atoms with E-state index in [4.69, 9.17) is 0 Å². The van der Waals surface area contributed by atoms with Crippen molar-refractivity contribution in [2.75, 3.05) is 19.6 Å². The number of hydrogen-bond acceptors (Lipinski definition) is 2. The van der Waals surface area contributed by atoms with Gasteiger partial charge in [-0.2, -0.15) is 0 Å². The summed E-state index contributed by atoms with van der Waals surface area (Å²) >= 11 is 0. The summed E-state index contributed by atoms with van der Waals surface area (Å²) in [5.74, 6) is 0. The van der Waals surface area contributed by atoms with Crippen LogP contribution in [0.4, 0.5) is 0 Å². The van der Waals surface area contributed by atoms with Gasteiger partial charge in [-0.15, -0.1) is 0 Å². The van der Waals surface area contributed by atoms with Gasteiger partial charge in [0, 0.05) is 31.2 Å². The van der Waals surface area contributed by atoms with Crippen molar-refractivity contribution in [1.29, 1.82) is 0 Å². The quantitative estimate of drug-likeness (QED) is 0.833. The Morgan fingerprint density at radius 1 is 1.16 bits per heavy atom. The highest BCUT2D eigenvalue weighted by molar-refractivity contribution is 5.20. The van der Waals surface area contributed by atoms with Crippen LogP contribution < -0.4 is 5.32 Å². The molecule has 0 fully saturated rings. The molecule has 2 nitrogen and oxygen atoms in total. The SMILES string of the molecule is CC(C)(C)NCC(c1ccccc1)N1CC=CCC1. The zero-order valence-electron chi connectivity index (χ0n) is 12.4. The van der Waals surface area contributed by atoms with Gasteiger partial charge in [0.2, 0.25) is 0 Å². The van der Waals surface area contributed by atoms with Gasteiger partial charge in [-0.25, -0.2) is 0 Å². The van der Waals surface area contributed by atoms with Gasteiger partial charge in [-0.05, 0) is 32.8 Å². The van der Waals surface area contributed by atoms with Gasteiger partial charge >= 0.3 is 0 Å². The van der Waals surface area contributed by atoms with Crippen molar-refractivity contribution in [1.82, 2.24) is 10.2 Å². The number of nitrogens with one attached hydrogen (secondary N) is 1. The monoisotopic (exact) mass is 258 g/mol. The lowest BCUT2D eigenvalue weighted by atomic mass is 10.0. The highest BCUT2D eigenvalue weighted by atomic mass is 15.2. The summed E-state index contributed by atoms with van der Waals surface area (Å²) in [6, 6.07) is 11.3. The van der Waals surface area contributed by atoms with Crippen molar-refractivity contribution >= 4 is 0 Å². The molecule has 19 heavy (non-hydrogen) atoms. The molecule has 1 N–H and O–H groups in total. The first-order valence-corrected chi connectivity index (χ1v) is 7.25. The maximum atomic E-state index is 3.65. The van der Waals surface area contributed by atoms with Crippen LogP contribution in [0.5, 0.6) is 0 Å². The summed E-state index contributed by atoms with van der Waals surface area (Å²) in [6.07, 6.45) is 5.74. The topological polar surface area (TPSA) is 15.3 Å². The van der Waals surface area contributed by atoms with Crippen molar-refractivity contribution < 1.29 is 0 Å². The Labute approximate surface area is 117 Å². The van der Waals surface area contributed by atoms with Crippen LogP contribution in [-0.2, 0) is 0 Å². The predicted molar refractivity (Wildman–Crippen MR) is 82.3 cm³/mol. The van der Waals surface area contributed by atoms with Gasteiger partial charge in [0.25, 0.3) is 0 Å². The molecule has 1 heterocycles. The second kappa shape index (κ2) is 6.36. The predicted octanol–water partition coefficient (Wildman–Crippen LogP) is 3.38. The molecule has 0 saturated heterocycles. The van der Waals surface area contributed by atoms with E-state index in [1.807, 2.05) is 0 Å². The summed E-state index contributed by atoms with van der Waals surface area (Å²) in [5.41, 5.74) is 1.58. The molecule has 1 aliphatic rings. The fraction of sp³-hybridized carbons (Fsp3) is 0.529. The highest BCUT2D eigenvalue weighted by Gasteiger charge is 2.22. The Bertz CT molecular complexity index is 403. The normalized spacial score (nSPS) is 18.5. The van der Waals surface area contributed by atoms with Crippen LogP contribution in [0.3, 0.4) is 0 Å². The first-order chi connectivity index (χ1) is 9.06. The summed E-state index contributed by atoms with van der Waals surface area (Å²) in [7, 11) is 0. The van der Waals surface area contributed by atoms with E-state index >= 15 is 0 Å². The molecule has 0 aliphatic carbocycles. The molecule has 0 spiro atoms. The minimum Gasteiger partial charge on any atom is -0.310 e. The Kier molecular flexibility index (Phi) is 4.78. The van der Waals surface area contributed by atoms with E-state index in [0.29, 0.717) is 6.04 Å². The lowest BCUT2D eigenvalue weighted by molar-refractivity contribution is 0.199. The van der Waals surface area contributed by atoms with Crippen molar-refractivity contribution in [2.24, 2.45) is 0 Å². The van der Waals surface area contributed by atoms with Crippen molar-refractivity contribution in [3.63, 3.8) is 0 Å². The fourth-order valence-electron chi connectivity index (χ4n) is 2.48. The van der Waals surface area contributed by atoms with Gasteiger partial charge < -0.3 is 5.32 Å². The van der Waals surface area contributed by atoms with Crippen LogP contribution >= 0.6 is 0 Å². The van der Waals surface area contributed by atoms with Crippen molar-refractivity contribution in [3.8, 4) is 0 Å². The van der Waals surface area contributed by atoms with Gasteiger partial charge in [-0.1, -0.05) is 42.5 Å². The van der Waals surface area contributed by atoms with Crippen LogP contribution in [0, 0.1) is 0 Å². The van der Waals surface area contributed by atoms with Crippen LogP contribution in [-0.4, -0.2) is 30.1 Å². The smallest absolute Gasteiger partial charge is 0.0476 e. The fourth-order valence-corrected chi connectivity index (χ4v) is 2.48. The van der Waals surface area contributed by atoms with E-state index in [1.54, 1.807) is 0 Å². The minimum atomic E-state index is 0.165. The average molecular weight is 258 g/mol. The van der Waals surface area contributed by atoms with Gasteiger partial charge in [0.15, 0.2) is 0 Å². The van der Waals surface area contributed by atoms with Crippen LogP contribution in [0.1, 0.15) is 38.8 Å². The van der Waals surface area contributed by atoms with Crippen molar-refractivity contribution in [3.05, 3.63) is 48.0 Å². The van der Waals surface area contributed by atoms with Crippen LogP contribution in [0.15, 0.2) is 42.5 Å². The Balaban J connectivity index is 2.11. The first kappa shape index (κ1) is 14.3. The van der Waals surface area contributed by atoms with Crippen LogP contribution in [0.2, 0.25) is 0 Å². The molecule has 1 aliphatic heterocycles. The standard InChI is InChI=1S/C17H26N2/c1-17(2,3)18-14-16(15-10-6-4-7-11-15)19-12-8-5-9-13-19/h4-8,10-11,16,18H,9,12-14H2,1-3H3. The zero-order chi connectivity index (χ0) is 13.7. The van der Waals surface area contributed by atoms with Gasteiger partial charge in [-0.3, -0.25) is 4.90 Å². The summed E-state index contributed by atoms with van der Waals surface area (Å²) < 4.78 is 0. The summed E-state index contributed by atoms with van der Waals surface area (Å²) in [6.45, 7) is 9.90. The molecule has 1 aromatic carbocycles. The minimum absolute atomic E-state index is 0.165. The van der Waals surface area contributed by atoms with Gasteiger partial charge in [0.05, 0.1) is 0 Å². The highest BCUT2D eigenvalue weighted by Crippen LogP contribution is 2.22.